The minimum atomic E-state index is -0.184. The van der Waals surface area contributed by atoms with Gasteiger partial charge in [0.05, 0.1) is 0 Å². The van der Waals surface area contributed by atoms with Crippen LogP contribution in [0.15, 0.2) is 57.9 Å². The highest BCUT2D eigenvalue weighted by Crippen LogP contribution is 2.21. The topological polar surface area (TPSA) is 12.0 Å². The number of nitrogens with one attached hydrogen (secondary N) is 1. The standard InChI is InChI=1S/C17H19BrFNS/c1-2-20-16(11-13-4-3-5-14(18)10-13)12-21-17-8-6-15(19)7-9-17/h3-10,16,20H,2,11-12H2,1H3. The van der Waals surface area contributed by atoms with Crippen LogP contribution in [0.1, 0.15) is 12.5 Å². The second-order valence-corrected chi connectivity index (χ2v) is 6.86. The van der Waals surface area contributed by atoms with Crippen LogP contribution in [0, 0.1) is 5.82 Å². The van der Waals surface area contributed by atoms with Crippen molar-refractivity contribution in [2.45, 2.75) is 24.3 Å². The second-order valence-electron chi connectivity index (χ2n) is 4.85. The van der Waals surface area contributed by atoms with Crippen LogP contribution in [0.25, 0.3) is 0 Å². The minimum Gasteiger partial charge on any atom is -0.313 e. The molecular weight excluding hydrogens is 349 g/mol. The van der Waals surface area contributed by atoms with Crippen molar-refractivity contribution < 1.29 is 4.39 Å². The Morgan fingerprint density at radius 3 is 2.62 bits per heavy atom. The monoisotopic (exact) mass is 367 g/mol. The van der Waals surface area contributed by atoms with Gasteiger partial charge in [-0.05, 0) is 54.9 Å². The molecule has 1 atom stereocenters. The average Bonchev–Trinajstić information content (AvgIpc) is 2.47. The number of rotatable bonds is 7. The molecule has 0 amide bonds. The number of likely N-dealkylation sites (N-methyl/N-ethyl adjacent to an activating group) is 1. The molecular formula is C17H19BrFNS. The highest BCUT2D eigenvalue weighted by molar-refractivity contribution is 9.10. The van der Waals surface area contributed by atoms with E-state index in [9.17, 15) is 4.39 Å². The Labute approximate surface area is 138 Å². The predicted octanol–water partition coefficient (Wildman–Crippen LogP) is 4.90. The molecule has 0 saturated heterocycles. The zero-order chi connectivity index (χ0) is 15.1. The van der Waals surface area contributed by atoms with Gasteiger partial charge in [-0.3, -0.25) is 0 Å². The molecule has 112 valence electrons. The van der Waals surface area contributed by atoms with Gasteiger partial charge in [-0.2, -0.15) is 0 Å². The van der Waals surface area contributed by atoms with Gasteiger partial charge >= 0.3 is 0 Å². The smallest absolute Gasteiger partial charge is 0.123 e. The van der Waals surface area contributed by atoms with Gasteiger partial charge in [-0.1, -0.05) is 35.0 Å². The lowest BCUT2D eigenvalue weighted by atomic mass is 10.1. The molecule has 4 heteroatoms. The van der Waals surface area contributed by atoms with E-state index >= 15 is 0 Å². The van der Waals surface area contributed by atoms with Crippen molar-refractivity contribution in [1.29, 1.82) is 0 Å². The molecule has 1 unspecified atom stereocenters. The summed E-state index contributed by atoms with van der Waals surface area (Å²) in [6.07, 6.45) is 0.988. The third kappa shape index (κ3) is 5.81. The lowest BCUT2D eigenvalue weighted by molar-refractivity contribution is 0.572. The molecule has 2 aromatic rings. The van der Waals surface area contributed by atoms with E-state index in [4.69, 9.17) is 0 Å². The van der Waals surface area contributed by atoms with Gasteiger partial charge < -0.3 is 5.32 Å². The quantitative estimate of drug-likeness (QED) is 0.698. The fraction of sp³-hybridized carbons (Fsp3) is 0.294. The molecule has 0 fully saturated rings. The Hall–Kier alpha value is -0.840. The zero-order valence-electron chi connectivity index (χ0n) is 12.0. The van der Waals surface area contributed by atoms with E-state index in [0.717, 1.165) is 28.1 Å². The molecule has 0 bridgehead atoms. The summed E-state index contributed by atoms with van der Waals surface area (Å²) in [6.45, 7) is 3.07. The summed E-state index contributed by atoms with van der Waals surface area (Å²) in [5.74, 6) is 0.781. The number of halogens is 2. The first kappa shape index (κ1) is 16.5. The lowest BCUT2D eigenvalue weighted by Gasteiger charge is -2.18. The third-order valence-corrected chi connectivity index (χ3v) is 4.80. The van der Waals surface area contributed by atoms with Crippen LogP contribution in [0.2, 0.25) is 0 Å². The van der Waals surface area contributed by atoms with E-state index in [2.05, 4.69) is 46.4 Å². The minimum absolute atomic E-state index is 0.184. The van der Waals surface area contributed by atoms with E-state index < -0.39 is 0 Å². The Morgan fingerprint density at radius 1 is 1.19 bits per heavy atom. The second kappa shape index (κ2) is 8.57. The van der Waals surface area contributed by atoms with Crippen LogP contribution < -0.4 is 5.32 Å². The first-order chi connectivity index (χ1) is 10.2. The molecule has 0 aliphatic heterocycles. The average molecular weight is 368 g/mol. The summed E-state index contributed by atoms with van der Waals surface area (Å²) in [7, 11) is 0. The van der Waals surface area contributed by atoms with Gasteiger partial charge in [0, 0.05) is 21.2 Å². The fourth-order valence-electron chi connectivity index (χ4n) is 2.15. The molecule has 0 aromatic heterocycles. The summed E-state index contributed by atoms with van der Waals surface area (Å²) in [5.41, 5.74) is 1.31. The fourth-order valence-corrected chi connectivity index (χ4v) is 3.56. The van der Waals surface area contributed by atoms with E-state index in [1.807, 2.05) is 18.2 Å². The zero-order valence-corrected chi connectivity index (χ0v) is 14.4. The number of thioether (sulfide) groups is 1. The first-order valence-electron chi connectivity index (χ1n) is 7.03. The normalized spacial score (nSPS) is 12.3. The van der Waals surface area contributed by atoms with Crippen molar-refractivity contribution in [2.24, 2.45) is 0 Å². The van der Waals surface area contributed by atoms with E-state index in [0.29, 0.717) is 6.04 Å². The third-order valence-electron chi connectivity index (χ3n) is 3.13. The van der Waals surface area contributed by atoms with Crippen LogP contribution in [-0.4, -0.2) is 18.3 Å². The number of benzene rings is 2. The summed E-state index contributed by atoms with van der Waals surface area (Å²) in [6, 6.07) is 15.5. The molecule has 0 spiro atoms. The van der Waals surface area contributed by atoms with Gasteiger partial charge in [0.25, 0.3) is 0 Å². The number of hydrogen-bond donors (Lipinski definition) is 1. The van der Waals surface area contributed by atoms with Crippen LogP contribution >= 0.6 is 27.7 Å². The largest absolute Gasteiger partial charge is 0.313 e. The van der Waals surface area contributed by atoms with Crippen LogP contribution in [0.3, 0.4) is 0 Å². The van der Waals surface area contributed by atoms with Gasteiger partial charge in [0.2, 0.25) is 0 Å². The molecule has 2 aromatic carbocycles. The van der Waals surface area contributed by atoms with Crippen LogP contribution in [0.5, 0.6) is 0 Å². The Kier molecular flexibility index (Phi) is 6.74. The van der Waals surface area contributed by atoms with E-state index in [1.54, 1.807) is 11.8 Å². The van der Waals surface area contributed by atoms with Crippen LogP contribution in [-0.2, 0) is 6.42 Å². The van der Waals surface area contributed by atoms with Gasteiger partial charge in [0.15, 0.2) is 0 Å². The predicted molar refractivity (Wildman–Crippen MR) is 92.4 cm³/mol. The van der Waals surface area contributed by atoms with Gasteiger partial charge in [0.1, 0.15) is 5.82 Å². The van der Waals surface area contributed by atoms with Crippen LogP contribution in [0.4, 0.5) is 4.39 Å². The molecule has 21 heavy (non-hydrogen) atoms. The highest BCUT2D eigenvalue weighted by atomic mass is 79.9. The van der Waals surface area contributed by atoms with Gasteiger partial charge in [-0.15, -0.1) is 11.8 Å². The van der Waals surface area contributed by atoms with Gasteiger partial charge in [-0.25, -0.2) is 4.39 Å². The summed E-state index contributed by atoms with van der Waals surface area (Å²) < 4.78 is 14.0. The Balaban J connectivity index is 1.93. The molecule has 2 rings (SSSR count). The summed E-state index contributed by atoms with van der Waals surface area (Å²) in [4.78, 5) is 1.11. The molecule has 0 aliphatic rings. The maximum Gasteiger partial charge on any atom is 0.123 e. The van der Waals surface area contributed by atoms with Crippen molar-refractivity contribution >= 4 is 27.7 Å². The summed E-state index contributed by atoms with van der Waals surface area (Å²) in [5, 5.41) is 3.52. The maximum atomic E-state index is 12.9. The first-order valence-corrected chi connectivity index (χ1v) is 8.81. The molecule has 0 radical (unpaired) electrons. The van der Waals surface area contributed by atoms with Crippen molar-refractivity contribution in [1.82, 2.24) is 5.32 Å². The van der Waals surface area contributed by atoms with E-state index in [-0.39, 0.29) is 5.82 Å². The highest BCUT2D eigenvalue weighted by Gasteiger charge is 2.09. The molecule has 0 aliphatic carbocycles. The number of hydrogen-bond acceptors (Lipinski definition) is 2. The maximum absolute atomic E-state index is 12.9. The van der Waals surface area contributed by atoms with Crippen molar-refractivity contribution in [2.75, 3.05) is 12.3 Å². The lowest BCUT2D eigenvalue weighted by Crippen LogP contribution is -2.33. The van der Waals surface area contributed by atoms with Crippen molar-refractivity contribution in [3.05, 3.63) is 64.4 Å². The molecule has 0 saturated carbocycles. The molecule has 0 heterocycles. The Bertz CT molecular complexity index is 559. The van der Waals surface area contributed by atoms with Crippen molar-refractivity contribution in [3.8, 4) is 0 Å². The van der Waals surface area contributed by atoms with E-state index in [1.165, 1.54) is 17.7 Å². The SMILES string of the molecule is CCNC(CSc1ccc(F)cc1)Cc1cccc(Br)c1. The van der Waals surface area contributed by atoms with Crippen molar-refractivity contribution in [3.63, 3.8) is 0 Å². The molecule has 1 N–H and O–H groups in total. The summed E-state index contributed by atoms with van der Waals surface area (Å²) >= 11 is 5.27. The Morgan fingerprint density at radius 2 is 1.95 bits per heavy atom. The molecule has 1 nitrogen and oxygen atoms in total.